The van der Waals surface area contributed by atoms with E-state index >= 15 is 0 Å². The average Bonchev–Trinajstić information content (AvgIpc) is 2.13. The molecule has 0 fully saturated rings. The zero-order chi connectivity index (χ0) is 10.5. The number of terminal acetylenes is 1. The van der Waals surface area contributed by atoms with Crippen LogP contribution in [0.3, 0.4) is 0 Å². The predicted molar refractivity (Wildman–Crippen MR) is 54.0 cm³/mol. The maximum absolute atomic E-state index is 11.7. The van der Waals surface area contributed by atoms with E-state index in [0.717, 1.165) is 0 Å². The van der Waals surface area contributed by atoms with E-state index in [2.05, 4.69) is 5.92 Å². The summed E-state index contributed by atoms with van der Waals surface area (Å²) in [6.45, 7) is 6.45. The lowest BCUT2D eigenvalue weighted by Gasteiger charge is -2.28. The van der Waals surface area contributed by atoms with Gasteiger partial charge in [0.15, 0.2) is 0 Å². The minimum atomic E-state index is -0.785. The Morgan fingerprint density at radius 3 is 2.46 bits per heavy atom. The molecule has 3 heteroatoms. The van der Waals surface area contributed by atoms with Crippen LogP contribution in [0.2, 0.25) is 0 Å². The van der Waals surface area contributed by atoms with Gasteiger partial charge in [0.05, 0.1) is 12.1 Å². The molecule has 0 aromatic rings. The molecule has 0 saturated heterocycles. The molecule has 13 heavy (non-hydrogen) atoms. The van der Waals surface area contributed by atoms with E-state index in [1.165, 1.54) is 0 Å². The highest BCUT2D eigenvalue weighted by atomic mass is 16.2. The Bertz CT molecular complexity index is 215. The van der Waals surface area contributed by atoms with Gasteiger partial charge in [0, 0.05) is 6.54 Å². The third-order valence-corrected chi connectivity index (χ3v) is 2.17. The quantitative estimate of drug-likeness (QED) is 0.647. The average molecular weight is 182 g/mol. The van der Waals surface area contributed by atoms with Gasteiger partial charge in [-0.1, -0.05) is 12.8 Å². The summed E-state index contributed by atoms with van der Waals surface area (Å²) in [6.07, 6.45) is 5.76. The molecule has 1 amide bonds. The van der Waals surface area contributed by atoms with Crippen molar-refractivity contribution in [3.05, 3.63) is 0 Å². The van der Waals surface area contributed by atoms with E-state index in [4.69, 9.17) is 12.2 Å². The first-order valence-corrected chi connectivity index (χ1v) is 4.51. The van der Waals surface area contributed by atoms with Gasteiger partial charge in [0.1, 0.15) is 0 Å². The van der Waals surface area contributed by atoms with Crippen molar-refractivity contribution in [1.29, 1.82) is 0 Å². The second kappa shape index (κ2) is 4.88. The smallest absolute Gasteiger partial charge is 0.243 e. The Kier molecular flexibility index (Phi) is 4.50. The lowest BCUT2D eigenvalue weighted by Crippen LogP contribution is -2.52. The van der Waals surface area contributed by atoms with Crippen LogP contribution in [0.1, 0.15) is 27.2 Å². The fourth-order valence-electron chi connectivity index (χ4n) is 0.950. The highest BCUT2D eigenvalue weighted by molar-refractivity contribution is 5.85. The standard InChI is InChI=1S/C10H18N2O/c1-5-8-12(7-3)9(13)10(4,11)6-2/h1H,6-8,11H2,2-4H3. The first-order chi connectivity index (χ1) is 5.99. The van der Waals surface area contributed by atoms with Gasteiger partial charge >= 0.3 is 0 Å². The molecular weight excluding hydrogens is 164 g/mol. The number of rotatable bonds is 4. The predicted octanol–water partition coefficient (Wildman–Crippen LogP) is 0.595. The number of carbonyl (C=O) groups is 1. The van der Waals surface area contributed by atoms with E-state index in [-0.39, 0.29) is 5.91 Å². The van der Waals surface area contributed by atoms with Crippen LogP contribution in [0.15, 0.2) is 0 Å². The number of nitrogens with zero attached hydrogens (tertiary/aromatic N) is 1. The first-order valence-electron chi connectivity index (χ1n) is 4.51. The van der Waals surface area contributed by atoms with Crippen molar-refractivity contribution >= 4 is 5.91 Å². The molecule has 0 aliphatic carbocycles. The molecule has 3 nitrogen and oxygen atoms in total. The topological polar surface area (TPSA) is 46.3 Å². The van der Waals surface area contributed by atoms with Crippen molar-refractivity contribution in [1.82, 2.24) is 4.90 Å². The minimum absolute atomic E-state index is 0.0737. The third kappa shape index (κ3) is 3.08. The zero-order valence-corrected chi connectivity index (χ0v) is 8.63. The minimum Gasteiger partial charge on any atom is -0.330 e. The number of amides is 1. The van der Waals surface area contributed by atoms with Crippen LogP contribution in [0.4, 0.5) is 0 Å². The van der Waals surface area contributed by atoms with Crippen molar-refractivity contribution in [2.75, 3.05) is 13.1 Å². The Labute approximate surface area is 80.3 Å². The molecule has 0 saturated carbocycles. The van der Waals surface area contributed by atoms with Crippen molar-refractivity contribution in [3.63, 3.8) is 0 Å². The van der Waals surface area contributed by atoms with Gasteiger partial charge in [-0.2, -0.15) is 0 Å². The van der Waals surface area contributed by atoms with Crippen LogP contribution in [-0.4, -0.2) is 29.4 Å². The highest BCUT2D eigenvalue weighted by Crippen LogP contribution is 2.09. The number of hydrogen-bond donors (Lipinski definition) is 1. The van der Waals surface area contributed by atoms with Gasteiger partial charge in [0.25, 0.3) is 0 Å². The Morgan fingerprint density at radius 1 is 1.62 bits per heavy atom. The second-order valence-electron chi connectivity index (χ2n) is 3.29. The molecule has 0 aliphatic rings. The van der Waals surface area contributed by atoms with Gasteiger partial charge < -0.3 is 10.6 Å². The van der Waals surface area contributed by atoms with Gasteiger partial charge in [0.2, 0.25) is 5.91 Å². The van der Waals surface area contributed by atoms with Crippen LogP contribution in [-0.2, 0) is 4.79 Å². The van der Waals surface area contributed by atoms with Crippen molar-refractivity contribution in [2.24, 2.45) is 5.73 Å². The molecule has 0 rings (SSSR count). The molecule has 1 atom stereocenters. The monoisotopic (exact) mass is 182 g/mol. The molecule has 0 aromatic heterocycles. The molecular formula is C10H18N2O. The van der Waals surface area contributed by atoms with Gasteiger partial charge in [-0.05, 0) is 20.3 Å². The molecule has 0 bridgehead atoms. The number of likely N-dealkylation sites (N-methyl/N-ethyl adjacent to an activating group) is 1. The lowest BCUT2D eigenvalue weighted by molar-refractivity contribution is -0.135. The van der Waals surface area contributed by atoms with Crippen molar-refractivity contribution in [2.45, 2.75) is 32.7 Å². The Morgan fingerprint density at radius 2 is 2.15 bits per heavy atom. The number of carbonyl (C=O) groups excluding carboxylic acids is 1. The summed E-state index contributed by atoms with van der Waals surface area (Å²) in [5.74, 6) is 2.37. The zero-order valence-electron chi connectivity index (χ0n) is 8.63. The van der Waals surface area contributed by atoms with Gasteiger partial charge in [-0.25, -0.2) is 0 Å². The highest BCUT2D eigenvalue weighted by Gasteiger charge is 2.29. The maximum Gasteiger partial charge on any atom is 0.243 e. The van der Waals surface area contributed by atoms with Crippen LogP contribution in [0, 0.1) is 12.3 Å². The lowest BCUT2D eigenvalue weighted by atomic mass is 9.98. The van der Waals surface area contributed by atoms with Crippen LogP contribution in [0.25, 0.3) is 0 Å². The van der Waals surface area contributed by atoms with Gasteiger partial charge in [-0.15, -0.1) is 6.42 Å². The Balaban J connectivity index is 4.47. The van der Waals surface area contributed by atoms with Crippen molar-refractivity contribution in [3.8, 4) is 12.3 Å². The molecule has 0 heterocycles. The van der Waals surface area contributed by atoms with E-state index in [0.29, 0.717) is 19.5 Å². The van der Waals surface area contributed by atoms with E-state index in [1.54, 1.807) is 11.8 Å². The summed E-state index contributed by atoms with van der Waals surface area (Å²) >= 11 is 0. The summed E-state index contributed by atoms with van der Waals surface area (Å²) < 4.78 is 0. The summed E-state index contributed by atoms with van der Waals surface area (Å²) in [6, 6.07) is 0. The normalized spacial score (nSPS) is 14.4. The SMILES string of the molecule is C#CCN(CC)C(=O)C(C)(N)CC. The van der Waals surface area contributed by atoms with E-state index in [1.807, 2.05) is 13.8 Å². The molecule has 1 unspecified atom stereocenters. The summed E-state index contributed by atoms with van der Waals surface area (Å²) in [7, 11) is 0. The van der Waals surface area contributed by atoms with E-state index in [9.17, 15) is 4.79 Å². The molecule has 74 valence electrons. The fourth-order valence-corrected chi connectivity index (χ4v) is 0.950. The summed E-state index contributed by atoms with van der Waals surface area (Å²) in [5.41, 5.74) is 5.02. The molecule has 0 radical (unpaired) electrons. The second-order valence-corrected chi connectivity index (χ2v) is 3.29. The summed E-state index contributed by atoms with van der Waals surface area (Å²) in [5, 5.41) is 0. The fraction of sp³-hybridized carbons (Fsp3) is 0.700. The Hall–Kier alpha value is -1.01. The third-order valence-electron chi connectivity index (χ3n) is 2.17. The molecule has 2 N–H and O–H groups in total. The molecule has 0 spiro atoms. The number of nitrogens with two attached hydrogens (primary N) is 1. The largest absolute Gasteiger partial charge is 0.330 e. The number of hydrogen-bond acceptors (Lipinski definition) is 2. The molecule has 0 aliphatic heterocycles. The molecule has 0 aromatic carbocycles. The maximum atomic E-state index is 11.7. The first kappa shape index (κ1) is 12.0. The van der Waals surface area contributed by atoms with Crippen LogP contribution in [0.5, 0.6) is 0 Å². The van der Waals surface area contributed by atoms with Gasteiger partial charge in [-0.3, -0.25) is 4.79 Å². The van der Waals surface area contributed by atoms with Crippen LogP contribution < -0.4 is 5.73 Å². The van der Waals surface area contributed by atoms with Crippen LogP contribution >= 0.6 is 0 Å². The van der Waals surface area contributed by atoms with E-state index < -0.39 is 5.54 Å². The summed E-state index contributed by atoms with van der Waals surface area (Å²) in [4.78, 5) is 13.3. The van der Waals surface area contributed by atoms with Crippen molar-refractivity contribution < 1.29 is 4.79 Å².